The summed E-state index contributed by atoms with van der Waals surface area (Å²) >= 11 is 0. The SMILES string of the molecule is COc1cc(B(O)O)cc(OS(=O)(=O)C(F)(F)F)c1[Si](C)(C)C. The maximum Gasteiger partial charge on any atom is 0.534 e. The van der Waals surface area contributed by atoms with Crippen LogP contribution in [-0.2, 0) is 10.1 Å². The first kappa shape index (κ1) is 19.8. The molecule has 0 amide bonds. The van der Waals surface area contributed by atoms with Gasteiger partial charge in [0.05, 0.1) is 15.2 Å². The minimum atomic E-state index is -5.90. The van der Waals surface area contributed by atoms with Gasteiger partial charge >= 0.3 is 22.7 Å². The second-order valence-corrected chi connectivity index (χ2v) is 12.2. The highest BCUT2D eigenvalue weighted by molar-refractivity contribution is 7.88. The second-order valence-electron chi connectivity index (χ2n) is 5.70. The molecular formula is C11H16BF3O6SSi. The summed E-state index contributed by atoms with van der Waals surface area (Å²) in [6.45, 7) is 5.23. The topological polar surface area (TPSA) is 93.1 Å². The lowest BCUT2D eigenvalue weighted by atomic mass is 9.80. The van der Waals surface area contributed by atoms with E-state index in [2.05, 4.69) is 4.18 Å². The second kappa shape index (κ2) is 6.34. The van der Waals surface area contributed by atoms with Crippen LogP contribution in [0.1, 0.15) is 0 Å². The fourth-order valence-electron chi connectivity index (χ4n) is 1.89. The van der Waals surface area contributed by atoms with Crippen LogP contribution in [0.15, 0.2) is 12.1 Å². The van der Waals surface area contributed by atoms with E-state index in [1.54, 1.807) is 19.6 Å². The van der Waals surface area contributed by atoms with Gasteiger partial charge in [-0.1, -0.05) is 19.6 Å². The predicted octanol–water partition coefficient (Wildman–Crippen LogP) is 0.149. The Hall–Kier alpha value is -1.24. The van der Waals surface area contributed by atoms with E-state index in [1.165, 1.54) is 13.2 Å². The van der Waals surface area contributed by atoms with Crippen LogP contribution in [-0.4, -0.2) is 46.3 Å². The number of rotatable bonds is 5. The Labute approximate surface area is 133 Å². The van der Waals surface area contributed by atoms with Crippen molar-refractivity contribution in [2.75, 3.05) is 7.11 Å². The van der Waals surface area contributed by atoms with Gasteiger partial charge in [0.15, 0.2) is 0 Å². The third kappa shape index (κ3) is 4.40. The number of ether oxygens (including phenoxy) is 1. The van der Waals surface area contributed by atoms with Crippen molar-refractivity contribution in [1.29, 1.82) is 0 Å². The number of alkyl halides is 3. The van der Waals surface area contributed by atoms with Crippen LogP contribution in [0.2, 0.25) is 19.6 Å². The predicted molar refractivity (Wildman–Crippen MR) is 81.4 cm³/mol. The van der Waals surface area contributed by atoms with Crippen LogP contribution in [0.4, 0.5) is 13.2 Å². The average molecular weight is 372 g/mol. The van der Waals surface area contributed by atoms with Gasteiger partial charge in [-0.25, -0.2) is 0 Å². The molecule has 0 radical (unpaired) electrons. The van der Waals surface area contributed by atoms with Crippen LogP contribution in [0.5, 0.6) is 11.5 Å². The monoisotopic (exact) mass is 372 g/mol. The molecule has 6 nitrogen and oxygen atoms in total. The van der Waals surface area contributed by atoms with E-state index in [1.807, 2.05) is 0 Å². The minimum absolute atomic E-state index is 0.0298. The summed E-state index contributed by atoms with van der Waals surface area (Å²) in [6, 6.07) is 2.06. The van der Waals surface area contributed by atoms with E-state index >= 15 is 0 Å². The smallest absolute Gasteiger partial charge is 0.497 e. The van der Waals surface area contributed by atoms with Gasteiger partial charge in [0.1, 0.15) is 11.5 Å². The van der Waals surface area contributed by atoms with Gasteiger partial charge in [-0.3, -0.25) is 0 Å². The molecule has 0 bridgehead atoms. The van der Waals surface area contributed by atoms with Crippen LogP contribution in [0.3, 0.4) is 0 Å². The van der Waals surface area contributed by atoms with Crippen molar-refractivity contribution in [3.05, 3.63) is 12.1 Å². The third-order valence-corrected chi connectivity index (χ3v) is 5.80. The lowest BCUT2D eigenvalue weighted by molar-refractivity contribution is -0.0499. The average Bonchev–Trinajstić information content (AvgIpc) is 2.34. The number of methoxy groups -OCH3 is 1. The van der Waals surface area contributed by atoms with Crippen molar-refractivity contribution in [1.82, 2.24) is 0 Å². The Morgan fingerprint density at radius 3 is 1.96 bits per heavy atom. The maximum atomic E-state index is 12.6. The molecule has 0 saturated heterocycles. The summed E-state index contributed by atoms with van der Waals surface area (Å²) in [4.78, 5) is 0. The lowest BCUT2D eigenvalue weighted by Crippen LogP contribution is -2.43. The lowest BCUT2D eigenvalue weighted by Gasteiger charge is -2.24. The van der Waals surface area contributed by atoms with Crippen molar-refractivity contribution in [3.8, 4) is 11.5 Å². The normalized spacial score (nSPS) is 12.9. The molecule has 1 aromatic carbocycles. The zero-order chi connectivity index (χ0) is 18.2. The van der Waals surface area contributed by atoms with Crippen molar-refractivity contribution >= 4 is 36.0 Å². The van der Waals surface area contributed by atoms with E-state index in [-0.39, 0.29) is 16.4 Å². The molecule has 0 spiro atoms. The van der Waals surface area contributed by atoms with Crippen molar-refractivity contribution in [2.45, 2.75) is 25.1 Å². The number of benzene rings is 1. The summed E-state index contributed by atoms with van der Waals surface area (Å²) < 4.78 is 69.5. The van der Waals surface area contributed by atoms with Crippen molar-refractivity contribution < 1.29 is 40.6 Å². The summed E-state index contributed by atoms with van der Waals surface area (Å²) in [5.41, 5.74) is -5.86. The van der Waals surface area contributed by atoms with E-state index < -0.39 is 36.6 Å². The largest absolute Gasteiger partial charge is 0.534 e. The van der Waals surface area contributed by atoms with Gasteiger partial charge in [0, 0.05) is 5.19 Å². The number of halogens is 3. The summed E-state index contributed by atoms with van der Waals surface area (Å²) in [6.07, 6.45) is 0. The molecule has 1 rings (SSSR count). The van der Waals surface area contributed by atoms with Crippen LogP contribution >= 0.6 is 0 Å². The highest BCUT2D eigenvalue weighted by atomic mass is 32.2. The zero-order valence-corrected chi connectivity index (χ0v) is 14.6. The molecular weight excluding hydrogens is 356 g/mol. The molecule has 1 aromatic rings. The van der Waals surface area contributed by atoms with Gasteiger partial charge in [-0.05, 0) is 17.6 Å². The zero-order valence-electron chi connectivity index (χ0n) is 12.8. The maximum absolute atomic E-state index is 12.6. The summed E-state index contributed by atoms with van der Waals surface area (Å²) in [7, 11) is -9.10. The standard InChI is InChI=1S/C11H16BF3O6SSi/c1-20-8-5-7(12(16)17)6-9(10(8)23(2,3)4)21-22(18,19)11(13,14)15/h5-6,16-17H,1-4H3. The van der Waals surface area contributed by atoms with E-state index in [9.17, 15) is 31.6 Å². The van der Waals surface area contributed by atoms with Gasteiger partial charge in [-0.15, -0.1) is 0 Å². The molecule has 0 aromatic heterocycles. The molecule has 12 heteroatoms. The first-order valence-electron chi connectivity index (χ1n) is 6.30. The number of hydrogen-bond acceptors (Lipinski definition) is 6. The molecule has 130 valence electrons. The molecule has 0 heterocycles. The van der Waals surface area contributed by atoms with Gasteiger partial charge < -0.3 is 19.0 Å². The Bertz CT molecular complexity index is 684. The fourth-order valence-corrected chi connectivity index (χ4v) is 4.20. The van der Waals surface area contributed by atoms with Gasteiger partial charge in [0.25, 0.3) is 0 Å². The van der Waals surface area contributed by atoms with E-state index in [0.717, 1.165) is 6.07 Å². The minimum Gasteiger partial charge on any atom is -0.497 e. The molecule has 23 heavy (non-hydrogen) atoms. The molecule has 2 N–H and O–H groups in total. The Morgan fingerprint density at radius 2 is 1.61 bits per heavy atom. The highest BCUT2D eigenvalue weighted by Crippen LogP contribution is 2.29. The first-order valence-corrected chi connectivity index (χ1v) is 11.2. The molecule has 0 aliphatic carbocycles. The quantitative estimate of drug-likeness (QED) is 0.434. The molecule has 0 saturated carbocycles. The van der Waals surface area contributed by atoms with E-state index in [0.29, 0.717) is 0 Å². The Balaban J connectivity index is 3.65. The Kier molecular flexibility index (Phi) is 5.46. The molecule has 0 aliphatic heterocycles. The number of hydrogen-bond donors (Lipinski definition) is 2. The molecule has 0 unspecified atom stereocenters. The Morgan fingerprint density at radius 1 is 1.13 bits per heavy atom. The van der Waals surface area contributed by atoms with E-state index in [4.69, 9.17) is 4.74 Å². The first-order chi connectivity index (χ1) is 10.2. The van der Waals surface area contributed by atoms with Crippen LogP contribution in [0.25, 0.3) is 0 Å². The summed E-state index contributed by atoms with van der Waals surface area (Å²) in [5.74, 6) is -0.592. The fraction of sp³-hybridized carbons (Fsp3) is 0.455. The highest BCUT2D eigenvalue weighted by Gasteiger charge is 2.49. The summed E-state index contributed by atoms with van der Waals surface area (Å²) in [5, 5.41) is 18.6. The van der Waals surface area contributed by atoms with Gasteiger partial charge in [0.2, 0.25) is 0 Å². The van der Waals surface area contributed by atoms with Crippen molar-refractivity contribution in [2.24, 2.45) is 0 Å². The molecule has 0 fully saturated rings. The van der Waals surface area contributed by atoms with Crippen LogP contribution in [0, 0.1) is 0 Å². The van der Waals surface area contributed by atoms with Crippen LogP contribution < -0.4 is 19.6 Å². The third-order valence-electron chi connectivity index (χ3n) is 2.84. The van der Waals surface area contributed by atoms with Gasteiger partial charge in [-0.2, -0.15) is 21.6 Å². The van der Waals surface area contributed by atoms with Crippen molar-refractivity contribution in [3.63, 3.8) is 0 Å². The molecule has 0 aliphatic rings. The molecule has 0 atom stereocenters.